The minimum atomic E-state index is -0.00975. The molecule has 1 aliphatic rings. The Morgan fingerprint density at radius 3 is 2.27 bits per heavy atom. The number of piperazine rings is 1. The van der Waals surface area contributed by atoms with Crippen LogP contribution in [0.2, 0.25) is 0 Å². The quantitative estimate of drug-likeness (QED) is 0.418. The summed E-state index contributed by atoms with van der Waals surface area (Å²) >= 11 is 0. The van der Waals surface area contributed by atoms with Gasteiger partial charge >= 0.3 is 5.97 Å². The van der Waals surface area contributed by atoms with Gasteiger partial charge in [-0.05, 0) is 25.8 Å². The zero-order valence-corrected chi connectivity index (χ0v) is 14.6. The number of esters is 1. The van der Waals surface area contributed by atoms with Crippen molar-refractivity contribution in [3.05, 3.63) is 0 Å². The van der Waals surface area contributed by atoms with Crippen LogP contribution >= 0.6 is 0 Å². The molecule has 0 aromatic heterocycles. The van der Waals surface area contributed by atoms with Gasteiger partial charge in [-0.25, -0.2) is 0 Å². The highest BCUT2D eigenvalue weighted by Gasteiger charge is 2.08. The second-order valence-corrected chi connectivity index (χ2v) is 6.39. The van der Waals surface area contributed by atoms with E-state index >= 15 is 0 Å². The van der Waals surface area contributed by atoms with Crippen LogP contribution in [0.1, 0.15) is 71.1 Å². The summed E-state index contributed by atoms with van der Waals surface area (Å²) in [5, 5.41) is 3.39. The molecule has 1 N–H and O–H groups in total. The maximum atomic E-state index is 11.4. The smallest absolute Gasteiger partial charge is 0.305 e. The minimum Gasteiger partial charge on any atom is -0.466 e. The van der Waals surface area contributed by atoms with Crippen LogP contribution in [0, 0.1) is 0 Å². The van der Waals surface area contributed by atoms with Crippen LogP contribution in [0.5, 0.6) is 0 Å². The third kappa shape index (κ3) is 11.0. The number of carbonyl (C=O) groups is 1. The predicted molar refractivity (Wildman–Crippen MR) is 92.1 cm³/mol. The van der Waals surface area contributed by atoms with E-state index in [1.165, 1.54) is 58.2 Å². The highest BCUT2D eigenvalue weighted by Crippen LogP contribution is 2.10. The monoisotopic (exact) mass is 312 g/mol. The fraction of sp³-hybridized carbons (Fsp3) is 0.944. The van der Waals surface area contributed by atoms with Crippen LogP contribution in [0.3, 0.4) is 0 Å². The SMILES string of the molecule is CCCCOC(=O)CCCCCCCCCN1CCNCC1. The van der Waals surface area contributed by atoms with Crippen molar-refractivity contribution in [3.63, 3.8) is 0 Å². The van der Waals surface area contributed by atoms with E-state index in [2.05, 4.69) is 17.1 Å². The normalized spacial score (nSPS) is 15.9. The number of nitrogens with zero attached hydrogens (tertiary/aromatic N) is 1. The van der Waals surface area contributed by atoms with Gasteiger partial charge in [0, 0.05) is 32.6 Å². The lowest BCUT2D eigenvalue weighted by atomic mass is 10.1. The first kappa shape index (κ1) is 19.4. The van der Waals surface area contributed by atoms with E-state index < -0.39 is 0 Å². The van der Waals surface area contributed by atoms with Crippen LogP contribution in [0.15, 0.2) is 0 Å². The minimum absolute atomic E-state index is 0.00975. The molecule has 0 bridgehead atoms. The average Bonchev–Trinajstić information content (AvgIpc) is 2.54. The van der Waals surface area contributed by atoms with E-state index in [9.17, 15) is 4.79 Å². The first-order chi connectivity index (χ1) is 10.8. The third-order valence-corrected chi connectivity index (χ3v) is 4.33. The molecule has 4 nitrogen and oxygen atoms in total. The Hall–Kier alpha value is -0.610. The summed E-state index contributed by atoms with van der Waals surface area (Å²) in [4.78, 5) is 14.0. The van der Waals surface area contributed by atoms with Crippen molar-refractivity contribution in [2.45, 2.75) is 71.1 Å². The zero-order chi connectivity index (χ0) is 15.9. The topological polar surface area (TPSA) is 41.6 Å². The molecule has 0 spiro atoms. The highest BCUT2D eigenvalue weighted by atomic mass is 16.5. The molecule has 0 unspecified atom stereocenters. The van der Waals surface area contributed by atoms with Crippen LogP contribution in [0.25, 0.3) is 0 Å². The van der Waals surface area contributed by atoms with Crippen molar-refractivity contribution in [2.24, 2.45) is 0 Å². The number of hydrogen-bond donors (Lipinski definition) is 1. The van der Waals surface area contributed by atoms with Crippen LogP contribution in [-0.4, -0.2) is 50.2 Å². The highest BCUT2D eigenvalue weighted by molar-refractivity contribution is 5.69. The Balaban J connectivity index is 1.76. The number of rotatable bonds is 13. The number of ether oxygens (including phenoxy) is 1. The molecular weight excluding hydrogens is 276 g/mol. The van der Waals surface area contributed by atoms with Crippen LogP contribution < -0.4 is 5.32 Å². The van der Waals surface area contributed by atoms with Crippen molar-refractivity contribution >= 4 is 5.97 Å². The molecule has 1 rings (SSSR count). The van der Waals surface area contributed by atoms with Crippen molar-refractivity contribution in [1.29, 1.82) is 0 Å². The van der Waals surface area contributed by atoms with Crippen molar-refractivity contribution in [2.75, 3.05) is 39.3 Å². The molecule has 1 heterocycles. The van der Waals surface area contributed by atoms with Gasteiger partial charge < -0.3 is 15.0 Å². The Morgan fingerprint density at radius 1 is 0.955 bits per heavy atom. The molecule has 130 valence electrons. The molecule has 1 saturated heterocycles. The lowest BCUT2D eigenvalue weighted by Gasteiger charge is -2.27. The van der Waals surface area contributed by atoms with Gasteiger partial charge in [-0.1, -0.05) is 45.4 Å². The van der Waals surface area contributed by atoms with E-state index in [0.717, 1.165) is 32.4 Å². The first-order valence-electron chi connectivity index (χ1n) is 9.41. The standard InChI is InChI=1S/C18H36N2O2/c1-2-3-17-22-18(21)11-9-7-5-4-6-8-10-14-20-15-12-19-13-16-20/h19H,2-17H2,1H3. The van der Waals surface area contributed by atoms with Gasteiger partial charge in [0.25, 0.3) is 0 Å². The lowest BCUT2D eigenvalue weighted by Crippen LogP contribution is -2.43. The van der Waals surface area contributed by atoms with Gasteiger partial charge in [0.15, 0.2) is 0 Å². The molecule has 22 heavy (non-hydrogen) atoms. The van der Waals surface area contributed by atoms with E-state index in [0.29, 0.717) is 13.0 Å². The fourth-order valence-corrected chi connectivity index (χ4v) is 2.83. The van der Waals surface area contributed by atoms with E-state index in [1.807, 2.05) is 0 Å². The molecule has 0 saturated carbocycles. The molecule has 0 amide bonds. The lowest BCUT2D eigenvalue weighted by molar-refractivity contribution is -0.143. The van der Waals surface area contributed by atoms with Crippen molar-refractivity contribution in [1.82, 2.24) is 10.2 Å². The number of hydrogen-bond acceptors (Lipinski definition) is 4. The Bertz CT molecular complexity index is 266. The summed E-state index contributed by atoms with van der Waals surface area (Å²) in [6.07, 6.45) is 11.4. The number of carbonyl (C=O) groups excluding carboxylic acids is 1. The first-order valence-corrected chi connectivity index (χ1v) is 9.41. The largest absolute Gasteiger partial charge is 0.466 e. The number of unbranched alkanes of at least 4 members (excludes halogenated alkanes) is 7. The molecule has 1 fully saturated rings. The van der Waals surface area contributed by atoms with Crippen LogP contribution in [0.4, 0.5) is 0 Å². The van der Waals surface area contributed by atoms with Crippen LogP contribution in [-0.2, 0) is 9.53 Å². The van der Waals surface area contributed by atoms with Gasteiger partial charge in [0.2, 0.25) is 0 Å². The Morgan fingerprint density at radius 2 is 1.59 bits per heavy atom. The fourth-order valence-electron chi connectivity index (χ4n) is 2.83. The van der Waals surface area contributed by atoms with Gasteiger partial charge in [0.05, 0.1) is 6.61 Å². The summed E-state index contributed by atoms with van der Waals surface area (Å²) in [6, 6.07) is 0. The van der Waals surface area contributed by atoms with Gasteiger partial charge in [-0.15, -0.1) is 0 Å². The second kappa shape index (κ2) is 14.0. The maximum Gasteiger partial charge on any atom is 0.305 e. The predicted octanol–water partition coefficient (Wildman–Crippen LogP) is 3.36. The number of nitrogens with one attached hydrogen (secondary N) is 1. The molecule has 0 aromatic carbocycles. The Labute approximate surface area is 137 Å². The van der Waals surface area contributed by atoms with Gasteiger partial charge in [-0.3, -0.25) is 4.79 Å². The van der Waals surface area contributed by atoms with E-state index in [1.54, 1.807) is 0 Å². The van der Waals surface area contributed by atoms with Gasteiger partial charge in [-0.2, -0.15) is 0 Å². The zero-order valence-electron chi connectivity index (χ0n) is 14.6. The molecule has 0 aliphatic carbocycles. The average molecular weight is 312 g/mol. The molecule has 0 aromatic rings. The van der Waals surface area contributed by atoms with Gasteiger partial charge in [0.1, 0.15) is 0 Å². The molecule has 4 heteroatoms. The summed E-state index contributed by atoms with van der Waals surface area (Å²) in [5.41, 5.74) is 0. The Kier molecular flexibility index (Phi) is 12.4. The molecule has 1 aliphatic heterocycles. The molecule has 0 radical (unpaired) electrons. The van der Waals surface area contributed by atoms with E-state index in [4.69, 9.17) is 4.74 Å². The van der Waals surface area contributed by atoms with Crippen molar-refractivity contribution < 1.29 is 9.53 Å². The summed E-state index contributed by atoms with van der Waals surface area (Å²) in [7, 11) is 0. The summed E-state index contributed by atoms with van der Waals surface area (Å²) in [6.45, 7) is 8.72. The third-order valence-electron chi connectivity index (χ3n) is 4.33. The molecule has 0 atom stereocenters. The maximum absolute atomic E-state index is 11.4. The summed E-state index contributed by atoms with van der Waals surface area (Å²) in [5.74, 6) is -0.00975. The molecular formula is C18H36N2O2. The van der Waals surface area contributed by atoms with E-state index in [-0.39, 0.29) is 5.97 Å². The second-order valence-electron chi connectivity index (χ2n) is 6.39. The summed E-state index contributed by atoms with van der Waals surface area (Å²) < 4.78 is 5.15. The van der Waals surface area contributed by atoms with Crippen molar-refractivity contribution in [3.8, 4) is 0 Å².